The van der Waals surface area contributed by atoms with Crippen molar-refractivity contribution in [2.45, 2.75) is 38.5 Å². The third-order valence-electron chi connectivity index (χ3n) is 6.07. The van der Waals surface area contributed by atoms with Crippen LogP contribution in [0.5, 0.6) is 0 Å². The Morgan fingerprint density at radius 1 is 1.12 bits per heavy atom. The maximum Gasteiger partial charge on any atom is 0.321 e. The summed E-state index contributed by atoms with van der Waals surface area (Å²) in [6, 6.07) is 3.26. The third-order valence-corrected chi connectivity index (χ3v) is 6.07. The standard InChI is InChI=1S/C20H27F2N3O/c21-17-6-5-16(11-18(17)22)23-19(26)25-10-2-8-20(14-25)7-1-9-24(13-20)12-15-3-4-15/h5-6,11,15H,1-4,7-10,12-14H2,(H,23,26). The molecule has 1 spiro atoms. The summed E-state index contributed by atoms with van der Waals surface area (Å²) in [5.74, 6) is -0.958. The molecule has 2 saturated heterocycles. The second-order valence-electron chi connectivity index (χ2n) is 8.37. The lowest BCUT2D eigenvalue weighted by Gasteiger charge is -2.48. The van der Waals surface area contributed by atoms with Crippen LogP contribution in [0.2, 0.25) is 0 Å². The van der Waals surface area contributed by atoms with Gasteiger partial charge in [-0.25, -0.2) is 13.6 Å². The fourth-order valence-corrected chi connectivity index (χ4v) is 4.62. The number of likely N-dealkylation sites (tertiary alicyclic amines) is 2. The number of nitrogens with one attached hydrogen (secondary N) is 1. The monoisotopic (exact) mass is 363 g/mol. The summed E-state index contributed by atoms with van der Waals surface area (Å²) in [7, 11) is 0. The predicted octanol–water partition coefficient (Wildman–Crippen LogP) is 4.08. The van der Waals surface area contributed by atoms with E-state index in [1.54, 1.807) is 0 Å². The molecule has 2 amide bonds. The van der Waals surface area contributed by atoms with E-state index in [9.17, 15) is 13.6 Å². The molecule has 1 unspecified atom stereocenters. The number of amides is 2. The van der Waals surface area contributed by atoms with E-state index in [4.69, 9.17) is 0 Å². The van der Waals surface area contributed by atoms with Gasteiger partial charge in [-0.2, -0.15) is 0 Å². The molecule has 1 aromatic rings. The molecule has 3 aliphatic rings. The van der Waals surface area contributed by atoms with Crippen molar-refractivity contribution in [2.24, 2.45) is 11.3 Å². The Morgan fingerprint density at radius 2 is 1.88 bits per heavy atom. The Bertz CT molecular complexity index is 675. The van der Waals surface area contributed by atoms with Crippen LogP contribution in [-0.2, 0) is 0 Å². The van der Waals surface area contributed by atoms with Gasteiger partial charge in [0.15, 0.2) is 11.6 Å². The number of carbonyl (C=O) groups is 1. The van der Waals surface area contributed by atoms with Gasteiger partial charge in [0, 0.05) is 43.3 Å². The SMILES string of the molecule is O=C(Nc1ccc(F)c(F)c1)N1CCCC2(CCCN(CC3CC3)C2)C1. The molecule has 142 valence electrons. The number of halogens is 2. The van der Waals surface area contributed by atoms with Crippen LogP contribution >= 0.6 is 0 Å². The number of rotatable bonds is 3. The third kappa shape index (κ3) is 4.00. The van der Waals surface area contributed by atoms with E-state index in [-0.39, 0.29) is 11.4 Å². The van der Waals surface area contributed by atoms with Crippen LogP contribution in [0.1, 0.15) is 38.5 Å². The molecule has 2 heterocycles. The van der Waals surface area contributed by atoms with Crippen molar-refractivity contribution in [1.29, 1.82) is 0 Å². The summed E-state index contributed by atoms with van der Waals surface area (Å²) in [6.45, 7) is 4.95. The first-order chi connectivity index (χ1) is 12.5. The molecule has 3 fully saturated rings. The first-order valence-corrected chi connectivity index (χ1v) is 9.76. The number of carbonyl (C=O) groups excluding carboxylic acids is 1. The molecule has 6 heteroatoms. The summed E-state index contributed by atoms with van der Waals surface area (Å²) in [4.78, 5) is 17.1. The summed E-state index contributed by atoms with van der Waals surface area (Å²) in [5.41, 5.74) is 0.490. The van der Waals surface area contributed by atoms with Gasteiger partial charge in [0.2, 0.25) is 0 Å². The molecule has 0 radical (unpaired) electrons. The van der Waals surface area contributed by atoms with Crippen LogP contribution in [0.25, 0.3) is 0 Å². The van der Waals surface area contributed by atoms with Crippen LogP contribution in [0.15, 0.2) is 18.2 Å². The first kappa shape index (κ1) is 17.7. The van der Waals surface area contributed by atoms with Crippen LogP contribution in [0, 0.1) is 23.0 Å². The van der Waals surface area contributed by atoms with Crippen LogP contribution < -0.4 is 5.32 Å². The predicted molar refractivity (Wildman–Crippen MR) is 97.0 cm³/mol. The highest BCUT2D eigenvalue weighted by atomic mass is 19.2. The number of hydrogen-bond donors (Lipinski definition) is 1. The second-order valence-corrected chi connectivity index (χ2v) is 8.37. The van der Waals surface area contributed by atoms with Crippen molar-refractivity contribution in [3.63, 3.8) is 0 Å². The number of anilines is 1. The lowest BCUT2D eigenvalue weighted by atomic mass is 9.73. The van der Waals surface area contributed by atoms with E-state index in [2.05, 4.69) is 10.2 Å². The van der Waals surface area contributed by atoms with Crippen molar-refractivity contribution in [3.05, 3.63) is 29.8 Å². The quantitative estimate of drug-likeness (QED) is 0.878. The zero-order chi connectivity index (χ0) is 18.1. The molecule has 1 aromatic carbocycles. The molecule has 1 aliphatic carbocycles. The zero-order valence-electron chi connectivity index (χ0n) is 15.1. The average Bonchev–Trinajstić information content (AvgIpc) is 3.42. The number of piperidine rings is 2. The lowest BCUT2D eigenvalue weighted by Crippen LogP contribution is -2.54. The molecule has 1 atom stereocenters. The number of nitrogens with zero attached hydrogens (tertiary/aromatic N) is 2. The minimum absolute atomic E-state index is 0.191. The number of benzene rings is 1. The van der Waals surface area contributed by atoms with E-state index in [1.807, 2.05) is 4.90 Å². The van der Waals surface area contributed by atoms with Gasteiger partial charge in [-0.3, -0.25) is 0 Å². The number of urea groups is 1. The van der Waals surface area contributed by atoms with Crippen LogP contribution in [-0.4, -0.2) is 48.6 Å². The van der Waals surface area contributed by atoms with Gasteiger partial charge in [-0.15, -0.1) is 0 Å². The highest BCUT2D eigenvalue weighted by Gasteiger charge is 2.41. The molecule has 0 bridgehead atoms. The van der Waals surface area contributed by atoms with Gasteiger partial charge in [0.05, 0.1) is 0 Å². The second kappa shape index (κ2) is 7.14. The van der Waals surface area contributed by atoms with Gasteiger partial charge in [-0.05, 0) is 63.1 Å². The van der Waals surface area contributed by atoms with Crippen LogP contribution in [0.3, 0.4) is 0 Å². The van der Waals surface area contributed by atoms with Gasteiger partial charge >= 0.3 is 6.03 Å². The molecule has 4 nitrogen and oxygen atoms in total. The van der Waals surface area contributed by atoms with E-state index in [0.717, 1.165) is 44.1 Å². The van der Waals surface area contributed by atoms with Crippen molar-refractivity contribution in [2.75, 3.05) is 38.0 Å². The maximum atomic E-state index is 13.4. The summed E-state index contributed by atoms with van der Waals surface area (Å²) in [5, 5.41) is 2.72. The van der Waals surface area contributed by atoms with Crippen molar-refractivity contribution in [1.82, 2.24) is 9.80 Å². The molecule has 2 aliphatic heterocycles. The molecular formula is C20H27F2N3O. The zero-order valence-corrected chi connectivity index (χ0v) is 15.1. The van der Waals surface area contributed by atoms with Gasteiger partial charge < -0.3 is 15.1 Å². The smallest absolute Gasteiger partial charge is 0.321 e. The highest BCUT2D eigenvalue weighted by Crippen LogP contribution is 2.40. The molecular weight excluding hydrogens is 336 g/mol. The van der Waals surface area contributed by atoms with E-state index >= 15 is 0 Å². The fraction of sp³-hybridized carbons (Fsp3) is 0.650. The average molecular weight is 363 g/mol. The number of hydrogen-bond acceptors (Lipinski definition) is 2. The first-order valence-electron chi connectivity index (χ1n) is 9.76. The Kier molecular flexibility index (Phi) is 4.86. The molecule has 26 heavy (non-hydrogen) atoms. The summed E-state index contributed by atoms with van der Waals surface area (Å²) >= 11 is 0. The molecule has 4 rings (SSSR count). The molecule has 1 N–H and O–H groups in total. The fourth-order valence-electron chi connectivity index (χ4n) is 4.62. The van der Waals surface area contributed by atoms with Crippen molar-refractivity contribution in [3.8, 4) is 0 Å². The minimum Gasteiger partial charge on any atom is -0.324 e. The highest BCUT2D eigenvalue weighted by molar-refractivity contribution is 5.89. The van der Waals surface area contributed by atoms with Gasteiger partial charge in [-0.1, -0.05) is 0 Å². The normalized spacial score (nSPS) is 26.9. The Labute approximate surface area is 153 Å². The van der Waals surface area contributed by atoms with E-state index < -0.39 is 11.6 Å². The maximum absolute atomic E-state index is 13.4. The topological polar surface area (TPSA) is 35.6 Å². The largest absolute Gasteiger partial charge is 0.324 e. The van der Waals surface area contributed by atoms with E-state index in [0.29, 0.717) is 5.69 Å². The minimum atomic E-state index is -0.944. The van der Waals surface area contributed by atoms with Gasteiger partial charge in [0.1, 0.15) is 0 Å². The Balaban J connectivity index is 1.38. The molecule has 1 saturated carbocycles. The van der Waals surface area contributed by atoms with Gasteiger partial charge in [0.25, 0.3) is 0 Å². The molecule has 0 aromatic heterocycles. The van der Waals surface area contributed by atoms with Crippen LogP contribution in [0.4, 0.5) is 19.3 Å². The Morgan fingerprint density at radius 3 is 2.62 bits per heavy atom. The summed E-state index contributed by atoms with van der Waals surface area (Å²) in [6.07, 6.45) is 7.28. The van der Waals surface area contributed by atoms with Crippen molar-refractivity contribution >= 4 is 11.7 Å². The Hall–Kier alpha value is -1.69. The summed E-state index contributed by atoms with van der Waals surface area (Å²) < 4.78 is 26.4. The lowest BCUT2D eigenvalue weighted by molar-refractivity contribution is 0.0270. The van der Waals surface area contributed by atoms with E-state index in [1.165, 1.54) is 51.3 Å². The van der Waals surface area contributed by atoms with Crippen molar-refractivity contribution < 1.29 is 13.6 Å².